The van der Waals surface area contributed by atoms with Crippen LogP contribution in [-0.4, -0.2) is 20.5 Å². The minimum atomic E-state index is -0.499. The van der Waals surface area contributed by atoms with Crippen LogP contribution in [0.2, 0.25) is 0 Å². The van der Waals surface area contributed by atoms with Crippen molar-refractivity contribution in [2.24, 2.45) is 13.0 Å². The van der Waals surface area contributed by atoms with Gasteiger partial charge in [0.25, 0.3) is 0 Å². The maximum absolute atomic E-state index is 10.3. The molecule has 90 valence electrons. The lowest BCUT2D eigenvalue weighted by Crippen LogP contribution is -2.44. The van der Waals surface area contributed by atoms with Crippen molar-refractivity contribution in [1.29, 1.82) is 0 Å². The van der Waals surface area contributed by atoms with Crippen LogP contribution in [0.4, 0.5) is 0 Å². The van der Waals surface area contributed by atoms with Gasteiger partial charge in [-0.25, -0.2) is 0 Å². The SMILES string of the molecule is CCc1nn(C)c(CC2(O)CC(C)C2)c1Br. The van der Waals surface area contributed by atoms with Gasteiger partial charge in [0.2, 0.25) is 0 Å². The van der Waals surface area contributed by atoms with Crippen LogP contribution >= 0.6 is 15.9 Å². The third kappa shape index (κ3) is 2.05. The van der Waals surface area contributed by atoms with Gasteiger partial charge in [-0.1, -0.05) is 13.8 Å². The van der Waals surface area contributed by atoms with Crippen LogP contribution in [0, 0.1) is 5.92 Å². The van der Waals surface area contributed by atoms with E-state index in [2.05, 4.69) is 34.9 Å². The van der Waals surface area contributed by atoms with Gasteiger partial charge in [0.1, 0.15) is 0 Å². The van der Waals surface area contributed by atoms with Crippen LogP contribution in [0.1, 0.15) is 38.1 Å². The second-order valence-electron chi connectivity index (χ2n) is 5.10. The van der Waals surface area contributed by atoms with E-state index in [1.807, 2.05) is 11.7 Å². The molecule has 0 spiro atoms. The predicted octanol–water partition coefficient (Wildman–Crippen LogP) is 2.45. The van der Waals surface area contributed by atoms with E-state index >= 15 is 0 Å². The summed E-state index contributed by atoms with van der Waals surface area (Å²) in [4.78, 5) is 0. The fourth-order valence-electron chi connectivity index (χ4n) is 2.71. The fourth-order valence-corrected chi connectivity index (χ4v) is 3.46. The standard InChI is InChI=1S/C12H19BrN2O/c1-4-9-11(13)10(15(3)14-9)7-12(16)5-8(2)6-12/h8,16H,4-7H2,1-3H3. The van der Waals surface area contributed by atoms with Crippen LogP contribution in [0.15, 0.2) is 4.47 Å². The minimum Gasteiger partial charge on any atom is -0.389 e. The van der Waals surface area contributed by atoms with E-state index in [1.54, 1.807) is 0 Å². The first-order chi connectivity index (χ1) is 7.45. The third-order valence-electron chi connectivity index (χ3n) is 3.46. The largest absolute Gasteiger partial charge is 0.389 e. The van der Waals surface area contributed by atoms with E-state index in [4.69, 9.17) is 0 Å². The summed E-state index contributed by atoms with van der Waals surface area (Å²) < 4.78 is 2.97. The summed E-state index contributed by atoms with van der Waals surface area (Å²) in [7, 11) is 1.95. The molecule has 0 amide bonds. The van der Waals surface area contributed by atoms with Crippen LogP contribution in [0.5, 0.6) is 0 Å². The molecule has 0 aliphatic heterocycles. The number of hydrogen-bond acceptors (Lipinski definition) is 2. The van der Waals surface area contributed by atoms with Gasteiger partial charge in [-0.15, -0.1) is 0 Å². The lowest BCUT2D eigenvalue weighted by molar-refractivity contribution is -0.0679. The molecule has 16 heavy (non-hydrogen) atoms. The molecular formula is C12H19BrN2O. The van der Waals surface area contributed by atoms with Gasteiger partial charge >= 0.3 is 0 Å². The van der Waals surface area contributed by atoms with E-state index in [-0.39, 0.29) is 0 Å². The lowest BCUT2D eigenvalue weighted by Gasteiger charge is -2.42. The summed E-state index contributed by atoms with van der Waals surface area (Å²) in [6.45, 7) is 4.28. The number of halogens is 1. The molecule has 0 aromatic carbocycles. The Balaban J connectivity index is 2.18. The van der Waals surface area contributed by atoms with Crippen LogP contribution in [0.3, 0.4) is 0 Å². The molecule has 0 unspecified atom stereocenters. The maximum atomic E-state index is 10.3. The highest BCUT2D eigenvalue weighted by Crippen LogP contribution is 2.41. The zero-order valence-electron chi connectivity index (χ0n) is 10.1. The van der Waals surface area contributed by atoms with Crippen molar-refractivity contribution >= 4 is 15.9 Å². The molecule has 0 atom stereocenters. The highest BCUT2D eigenvalue weighted by molar-refractivity contribution is 9.10. The molecule has 0 bridgehead atoms. The molecular weight excluding hydrogens is 268 g/mol. The lowest BCUT2D eigenvalue weighted by atomic mass is 9.70. The molecule has 1 aromatic heterocycles. The number of hydrogen-bond donors (Lipinski definition) is 1. The molecule has 1 fully saturated rings. The van der Waals surface area contributed by atoms with Gasteiger partial charge in [-0.05, 0) is 41.1 Å². The monoisotopic (exact) mass is 286 g/mol. The van der Waals surface area contributed by atoms with Crippen LogP contribution < -0.4 is 0 Å². The van der Waals surface area contributed by atoms with E-state index < -0.39 is 5.60 Å². The van der Waals surface area contributed by atoms with E-state index in [1.165, 1.54) is 0 Å². The topological polar surface area (TPSA) is 38.0 Å². The first-order valence-corrected chi connectivity index (χ1v) is 6.67. The predicted molar refractivity (Wildman–Crippen MR) is 67.3 cm³/mol. The normalized spacial score (nSPS) is 29.2. The Kier molecular flexibility index (Phi) is 3.14. The molecule has 3 nitrogen and oxygen atoms in total. The fraction of sp³-hybridized carbons (Fsp3) is 0.750. The Morgan fingerprint density at radius 1 is 1.56 bits per heavy atom. The molecule has 2 rings (SSSR count). The Hall–Kier alpha value is -0.350. The smallest absolute Gasteiger partial charge is 0.0766 e. The third-order valence-corrected chi connectivity index (χ3v) is 4.37. The highest BCUT2D eigenvalue weighted by atomic mass is 79.9. The highest BCUT2D eigenvalue weighted by Gasteiger charge is 2.41. The molecule has 1 aromatic rings. The summed E-state index contributed by atoms with van der Waals surface area (Å²) in [5, 5.41) is 14.8. The first kappa shape index (κ1) is 12.1. The summed E-state index contributed by atoms with van der Waals surface area (Å²) in [5.41, 5.74) is 1.69. The van der Waals surface area contributed by atoms with Gasteiger partial charge in [0, 0.05) is 13.5 Å². The van der Waals surface area contributed by atoms with Crippen molar-refractivity contribution in [3.63, 3.8) is 0 Å². The Bertz CT molecular complexity index is 394. The van der Waals surface area contributed by atoms with Crippen molar-refractivity contribution in [2.75, 3.05) is 0 Å². The molecule has 0 radical (unpaired) electrons. The number of aliphatic hydroxyl groups is 1. The summed E-state index contributed by atoms with van der Waals surface area (Å²) in [6, 6.07) is 0. The second-order valence-corrected chi connectivity index (χ2v) is 5.89. The first-order valence-electron chi connectivity index (χ1n) is 5.88. The second kappa shape index (κ2) is 4.15. The number of rotatable bonds is 3. The molecule has 1 N–H and O–H groups in total. The van der Waals surface area contributed by atoms with Gasteiger partial charge in [-0.2, -0.15) is 5.10 Å². The van der Waals surface area contributed by atoms with Gasteiger partial charge in [-0.3, -0.25) is 4.68 Å². The molecule has 1 aliphatic rings. The Labute approximate surface area is 105 Å². The van der Waals surface area contributed by atoms with Crippen molar-refractivity contribution in [2.45, 2.75) is 45.1 Å². The molecule has 1 heterocycles. The Morgan fingerprint density at radius 2 is 2.19 bits per heavy atom. The van der Waals surface area contributed by atoms with Gasteiger partial charge in [0.05, 0.1) is 21.5 Å². The number of aryl methyl sites for hydroxylation is 2. The van der Waals surface area contributed by atoms with E-state index in [9.17, 15) is 5.11 Å². The molecule has 1 saturated carbocycles. The summed E-state index contributed by atoms with van der Waals surface area (Å²) in [6.07, 6.45) is 3.45. The van der Waals surface area contributed by atoms with Gasteiger partial charge < -0.3 is 5.11 Å². The number of aromatic nitrogens is 2. The summed E-state index contributed by atoms with van der Waals surface area (Å²) >= 11 is 3.59. The quantitative estimate of drug-likeness (QED) is 0.927. The zero-order chi connectivity index (χ0) is 11.9. The van der Waals surface area contributed by atoms with Gasteiger partial charge in [0.15, 0.2) is 0 Å². The molecule has 4 heteroatoms. The zero-order valence-corrected chi connectivity index (χ0v) is 11.7. The van der Waals surface area contributed by atoms with Crippen molar-refractivity contribution < 1.29 is 5.11 Å². The average molecular weight is 287 g/mol. The summed E-state index contributed by atoms with van der Waals surface area (Å²) in [5.74, 6) is 0.655. The maximum Gasteiger partial charge on any atom is 0.0766 e. The van der Waals surface area contributed by atoms with Crippen molar-refractivity contribution in [3.05, 3.63) is 15.9 Å². The van der Waals surface area contributed by atoms with Crippen molar-refractivity contribution in [3.8, 4) is 0 Å². The Morgan fingerprint density at radius 3 is 2.62 bits per heavy atom. The average Bonchev–Trinajstić information content (AvgIpc) is 2.43. The molecule has 1 aliphatic carbocycles. The van der Waals surface area contributed by atoms with Crippen LogP contribution in [0.25, 0.3) is 0 Å². The van der Waals surface area contributed by atoms with Crippen molar-refractivity contribution in [1.82, 2.24) is 9.78 Å². The van der Waals surface area contributed by atoms with E-state index in [0.29, 0.717) is 12.3 Å². The minimum absolute atomic E-state index is 0.499. The van der Waals surface area contributed by atoms with E-state index in [0.717, 1.165) is 35.1 Å². The van der Waals surface area contributed by atoms with Crippen LogP contribution in [-0.2, 0) is 19.9 Å². The molecule has 0 saturated heterocycles. The number of nitrogens with zero attached hydrogens (tertiary/aromatic N) is 2.